The zero-order chi connectivity index (χ0) is 21.3. The molecule has 1 aromatic carbocycles. The largest absolute Gasteiger partial charge is 0.404 e. The zero-order valence-electron chi connectivity index (χ0n) is 16.1. The number of carbonyl (C=O) groups is 2. The Kier molecular flexibility index (Phi) is 7.34. The number of nitrogens with two attached hydrogens (primary N) is 1. The van der Waals surface area contributed by atoms with Gasteiger partial charge >= 0.3 is 0 Å². The molecule has 0 saturated heterocycles. The summed E-state index contributed by atoms with van der Waals surface area (Å²) in [6.45, 7) is 0.513. The number of amides is 2. The van der Waals surface area contributed by atoms with Crippen LogP contribution in [0, 0.1) is 0 Å². The highest BCUT2D eigenvalue weighted by atomic mass is 79.9. The van der Waals surface area contributed by atoms with E-state index < -0.39 is 5.91 Å². The molecule has 0 unspecified atom stereocenters. The lowest BCUT2D eigenvalue weighted by Gasteiger charge is -2.09. The van der Waals surface area contributed by atoms with Crippen LogP contribution in [0.4, 0.5) is 0 Å². The van der Waals surface area contributed by atoms with Gasteiger partial charge in [-0.05, 0) is 35.4 Å². The number of hydrogen-bond acceptors (Lipinski definition) is 5. The third-order valence-electron chi connectivity index (χ3n) is 4.22. The van der Waals surface area contributed by atoms with Crippen molar-refractivity contribution in [3.8, 4) is 0 Å². The van der Waals surface area contributed by atoms with Gasteiger partial charge in [0.25, 0.3) is 11.8 Å². The molecular formula is C21H21BrN6O2. The number of benzene rings is 1. The van der Waals surface area contributed by atoms with Gasteiger partial charge in [0.15, 0.2) is 5.82 Å². The molecule has 0 spiro atoms. The summed E-state index contributed by atoms with van der Waals surface area (Å²) in [5, 5.41) is 5.40. The number of aromatic amines is 1. The van der Waals surface area contributed by atoms with Crippen LogP contribution < -0.4 is 16.4 Å². The van der Waals surface area contributed by atoms with Crippen LogP contribution in [0.25, 0.3) is 5.57 Å². The lowest BCUT2D eigenvalue weighted by atomic mass is 10.1. The second-order valence-corrected chi connectivity index (χ2v) is 7.31. The predicted molar refractivity (Wildman–Crippen MR) is 117 cm³/mol. The molecule has 0 bridgehead atoms. The van der Waals surface area contributed by atoms with Crippen LogP contribution in [0.15, 0.2) is 65.7 Å². The average molecular weight is 469 g/mol. The molecule has 0 fully saturated rings. The molecule has 3 rings (SSSR count). The topological polar surface area (TPSA) is 126 Å². The van der Waals surface area contributed by atoms with E-state index in [1.807, 2.05) is 24.3 Å². The van der Waals surface area contributed by atoms with E-state index in [1.54, 1.807) is 30.7 Å². The molecule has 3 aromatic rings. The van der Waals surface area contributed by atoms with Crippen LogP contribution in [0.2, 0.25) is 0 Å². The lowest BCUT2D eigenvalue weighted by molar-refractivity contribution is -0.115. The number of halogens is 1. The number of carbonyl (C=O) groups excluding carboxylic acids is 2. The van der Waals surface area contributed by atoms with Gasteiger partial charge in [0.05, 0.1) is 5.57 Å². The number of nitrogens with zero attached hydrogens (tertiary/aromatic N) is 2. The Morgan fingerprint density at radius 2 is 1.73 bits per heavy atom. The molecule has 0 radical (unpaired) electrons. The SMILES string of the molecule is N/C=C(/C(=O)NCCNC(=O)c1ccc[nH]1)c1ncc(Cc2ccc(Br)cc2)cn1. The fraction of sp³-hybridized carbons (Fsp3) is 0.143. The lowest BCUT2D eigenvalue weighted by Crippen LogP contribution is -2.35. The van der Waals surface area contributed by atoms with E-state index in [0.29, 0.717) is 12.1 Å². The Morgan fingerprint density at radius 1 is 1.03 bits per heavy atom. The summed E-state index contributed by atoms with van der Waals surface area (Å²) in [6.07, 6.45) is 6.88. The van der Waals surface area contributed by atoms with Gasteiger partial charge < -0.3 is 21.4 Å². The van der Waals surface area contributed by atoms with Crippen LogP contribution in [0.3, 0.4) is 0 Å². The number of rotatable bonds is 8. The van der Waals surface area contributed by atoms with E-state index in [4.69, 9.17) is 5.73 Å². The van der Waals surface area contributed by atoms with E-state index in [9.17, 15) is 9.59 Å². The van der Waals surface area contributed by atoms with Crippen molar-refractivity contribution in [1.29, 1.82) is 0 Å². The van der Waals surface area contributed by atoms with Crippen molar-refractivity contribution >= 4 is 33.3 Å². The minimum atomic E-state index is -0.410. The van der Waals surface area contributed by atoms with Gasteiger partial charge in [0, 0.05) is 48.8 Å². The summed E-state index contributed by atoms with van der Waals surface area (Å²) in [5.74, 6) is -0.411. The number of nitrogens with one attached hydrogen (secondary N) is 3. The van der Waals surface area contributed by atoms with E-state index in [0.717, 1.165) is 15.6 Å². The molecule has 154 valence electrons. The summed E-state index contributed by atoms with van der Waals surface area (Å²) in [4.78, 5) is 35.6. The molecule has 0 saturated carbocycles. The first-order valence-electron chi connectivity index (χ1n) is 9.24. The van der Waals surface area contributed by atoms with Crippen LogP contribution in [0.5, 0.6) is 0 Å². The molecular weight excluding hydrogens is 448 g/mol. The van der Waals surface area contributed by atoms with Crippen molar-refractivity contribution in [1.82, 2.24) is 25.6 Å². The van der Waals surface area contributed by atoms with Crippen LogP contribution in [0.1, 0.15) is 27.4 Å². The second-order valence-electron chi connectivity index (χ2n) is 6.39. The first kappa shape index (κ1) is 21.3. The first-order valence-corrected chi connectivity index (χ1v) is 10.0. The van der Waals surface area contributed by atoms with E-state index in [-0.39, 0.29) is 30.4 Å². The maximum absolute atomic E-state index is 12.4. The monoisotopic (exact) mass is 468 g/mol. The normalized spacial score (nSPS) is 11.2. The molecule has 0 aliphatic heterocycles. The van der Waals surface area contributed by atoms with Gasteiger partial charge in [-0.1, -0.05) is 28.1 Å². The summed E-state index contributed by atoms with van der Waals surface area (Å²) < 4.78 is 1.02. The molecule has 0 atom stereocenters. The zero-order valence-corrected chi connectivity index (χ0v) is 17.6. The quantitative estimate of drug-likeness (QED) is 0.297. The summed E-state index contributed by atoms with van der Waals surface area (Å²) in [5.41, 5.74) is 8.29. The molecule has 5 N–H and O–H groups in total. The van der Waals surface area contributed by atoms with Gasteiger partial charge in [-0.15, -0.1) is 0 Å². The minimum absolute atomic E-state index is 0.167. The predicted octanol–water partition coefficient (Wildman–Crippen LogP) is 2.00. The van der Waals surface area contributed by atoms with Gasteiger partial charge in [0.2, 0.25) is 0 Å². The number of H-pyrrole nitrogens is 1. The number of hydrogen-bond donors (Lipinski definition) is 4. The molecule has 2 amide bonds. The molecule has 30 heavy (non-hydrogen) atoms. The Morgan fingerprint density at radius 3 is 2.37 bits per heavy atom. The second kappa shape index (κ2) is 10.4. The molecule has 2 aromatic heterocycles. The molecule has 0 aliphatic carbocycles. The highest BCUT2D eigenvalue weighted by molar-refractivity contribution is 9.10. The van der Waals surface area contributed by atoms with E-state index in [1.165, 1.54) is 6.20 Å². The standard InChI is InChI=1S/C21H21BrN6O2/c22-16-5-3-14(4-6-16)10-15-12-27-19(28-13-15)17(11-23)20(29)25-8-9-26-21(30)18-2-1-7-24-18/h1-7,11-13,24H,8-10,23H2,(H,25,29)(H,26,30)/b17-11+. The summed E-state index contributed by atoms with van der Waals surface area (Å²) in [6, 6.07) is 11.4. The fourth-order valence-corrected chi connectivity index (χ4v) is 2.95. The van der Waals surface area contributed by atoms with Crippen molar-refractivity contribution in [2.45, 2.75) is 6.42 Å². The molecule has 9 heteroatoms. The Bertz CT molecular complexity index is 1010. The van der Waals surface area contributed by atoms with Crippen molar-refractivity contribution < 1.29 is 9.59 Å². The minimum Gasteiger partial charge on any atom is -0.404 e. The third kappa shape index (κ3) is 5.77. The van der Waals surface area contributed by atoms with Crippen LogP contribution in [-0.2, 0) is 11.2 Å². The molecule has 8 nitrogen and oxygen atoms in total. The van der Waals surface area contributed by atoms with Gasteiger partial charge in [0.1, 0.15) is 5.69 Å². The van der Waals surface area contributed by atoms with Crippen molar-refractivity contribution in [2.75, 3.05) is 13.1 Å². The molecule has 0 aliphatic rings. The Balaban J connectivity index is 1.51. The van der Waals surface area contributed by atoms with Crippen molar-refractivity contribution in [3.05, 3.63) is 88.3 Å². The fourth-order valence-electron chi connectivity index (χ4n) is 2.69. The maximum Gasteiger partial charge on any atom is 0.267 e. The highest BCUT2D eigenvalue weighted by Gasteiger charge is 2.14. The van der Waals surface area contributed by atoms with Gasteiger partial charge in [-0.25, -0.2) is 9.97 Å². The smallest absolute Gasteiger partial charge is 0.267 e. The third-order valence-corrected chi connectivity index (χ3v) is 4.75. The summed E-state index contributed by atoms with van der Waals surface area (Å²) >= 11 is 3.41. The first-order chi connectivity index (χ1) is 14.6. The van der Waals surface area contributed by atoms with Crippen LogP contribution >= 0.6 is 15.9 Å². The Labute approximate surface area is 182 Å². The Hall–Kier alpha value is -3.46. The maximum atomic E-state index is 12.4. The van der Waals surface area contributed by atoms with E-state index >= 15 is 0 Å². The highest BCUT2D eigenvalue weighted by Crippen LogP contribution is 2.14. The van der Waals surface area contributed by atoms with Crippen molar-refractivity contribution in [2.24, 2.45) is 5.73 Å². The van der Waals surface area contributed by atoms with E-state index in [2.05, 4.69) is 41.5 Å². The van der Waals surface area contributed by atoms with Crippen LogP contribution in [-0.4, -0.2) is 39.9 Å². The molecule has 2 heterocycles. The van der Waals surface area contributed by atoms with Gasteiger partial charge in [-0.3, -0.25) is 9.59 Å². The van der Waals surface area contributed by atoms with Gasteiger partial charge in [-0.2, -0.15) is 0 Å². The average Bonchev–Trinajstić information content (AvgIpc) is 3.29. The number of aromatic nitrogens is 3. The van der Waals surface area contributed by atoms with Crippen molar-refractivity contribution in [3.63, 3.8) is 0 Å². The summed E-state index contributed by atoms with van der Waals surface area (Å²) in [7, 11) is 0.